The number of nitrogens with one attached hydrogen (secondary N) is 1. The summed E-state index contributed by atoms with van der Waals surface area (Å²) in [5, 5.41) is 1.95. The van der Waals surface area contributed by atoms with E-state index in [0.29, 0.717) is 6.61 Å². The second-order valence-electron chi connectivity index (χ2n) is 3.48. The van der Waals surface area contributed by atoms with Crippen LogP contribution in [0, 0.1) is 0 Å². The molecule has 0 saturated heterocycles. The van der Waals surface area contributed by atoms with Gasteiger partial charge >= 0.3 is 0 Å². The first kappa shape index (κ1) is 11.2. The van der Waals surface area contributed by atoms with Gasteiger partial charge in [-0.25, -0.2) is 0 Å². The molecule has 0 fully saturated rings. The van der Waals surface area contributed by atoms with Gasteiger partial charge in [0.1, 0.15) is 0 Å². The molecule has 1 aromatic rings. The number of methoxy groups -OCH3 is 1. The summed E-state index contributed by atoms with van der Waals surface area (Å²) in [5.74, 6) is 0. The number of hydrogen-bond donors (Lipinski definition) is 1. The van der Waals surface area contributed by atoms with E-state index >= 15 is 0 Å². The summed E-state index contributed by atoms with van der Waals surface area (Å²) < 4.78 is 5.08. The van der Waals surface area contributed by atoms with Gasteiger partial charge in [-0.3, -0.25) is 10.4 Å². The molecule has 0 unspecified atom stereocenters. The number of rotatable bonds is 5. The summed E-state index contributed by atoms with van der Waals surface area (Å²) >= 11 is 0. The number of nitrogens with zero attached hydrogens (tertiary/aromatic N) is 1. The summed E-state index contributed by atoms with van der Waals surface area (Å²) in [7, 11) is 5.68. The molecule has 0 radical (unpaired) electrons. The molecule has 0 amide bonds. The van der Waals surface area contributed by atoms with Crippen molar-refractivity contribution in [1.29, 1.82) is 0 Å². The van der Waals surface area contributed by atoms with E-state index in [1.807, 2.05) is 19.1 Å². The smallest absolute Gasteiger partial charge is 0.0713 e. The largest absolute Gasteiger partial charge is 0.380 e. The van der Waals surface area contributed by atoms with Gasteiger partial charge in [0.05, 0.1) is 6.61 Å². The minimum absolute atomic E-state index is 0.676. The maximum absolute atomic E-state index is 5.08. The first-order chi connectivity index (χ1) is 6.72. The highest BCUT2D eigenvalue weighted by atomic mass is 16.5. The molecule has 1 aromatic carbocycles. The number of hydrazine groups is 1. The lowest BCUT2D eigenvalue weighted by atomic mass is 10.1. The molecule has 0 aliphatic rings. The van der Waals surface area contributed by atoms with E-state index in [0.717, 1.165) is 6.54 Å². The van der Waals surface area contributed by atoms with E-state index in [1.54, 1.807) is 7.11 Å². The zero-order chi connectivity index (χ0) is 10.4. The number of benzene rings is 1. The Morgan fingerprint density at radius 3 is 2.64 bits per heavy atom. The molecule has 0 aromatic heterocycles. The molecular formula is C11H18N2O. The van der Waals surface area contributed by atoms with Crippen LogP contribution in [-0.2, 0) is 17.9 Å². The maximum Gasteiger partial charge on any atom is 0.0713 e. The Kier molecular flexibility index (Phi) is 4.59. The highest BCUT2D eigenvalue weighted by Gasteiger charge is 1.96. The summed E-state index contributed by atoms with van der Waals surface area (Å²) in [5.41, 5.74) is 5.71. The summed E-state index contributed by atoms with van der Waals surface area (Å²) in [6, 6.07) is 8.39. The van der Waals surface area contributed by atoms with E-state index < -0.39 is 0 Å². The maximum atomic E-state index is 5.08. The molecule has 3 nitrogen and oxygen atoms in total. The third kappa shape index (κ3) is 3.87. The molecule has 0 heterocycles. The SMILES string of the molecule is COCc1cccc(CNN(C)C)c1. The molecule has 0 atom stereocenters. The fraction of sp³-hybridized carbons (Fsp3) is 0.455. The van der Waals surface area contributed by atoms with Crippen LogP contribution in [0.25, 0.3) is 0 Å². The van der Waals surface area contributed by atoms with Crippen LogP contribution in [0.5, 0.6) is 0 Å². The first-order valence-corrected chi connectivity index (χ1v) is 4.70. The lowest BCUT2D eigenvalue weighted by Crippen LogP contribution is -2.29. The average molecular weight is 194 g/mol. The fourth-order valence-corrected chi connectivity index (χ4v) is 1.25. The van der Waals surface area contributed by atoms with Crippen LogP contribution in [0.2, 0.25) is 0 Å². The van der Waals surface area contributed by atoms with Gasteiger partial charge in [0.25, 0.3) is 0 Å². The third-order valence-corrected chi connectivity index (χ3v) is 1.90. The lowest BCUT2D eigenvalue weighted by Gasteiger charge is -2.12. The molecule has 1 rings (SSSR count). The Labute approximate surface area is 85.6 Å². The van der Waals surface area contributed by atoms with Gasteiger partial charge < -0.3 is 4.74 Å². The standard InChI is InChI=1S/C11H18N2O/c1-13(2)12-8-10-5-4-6-11(7-10)9-14-3/h4-7,12H,8-9H2,1-3H3. The van der Waals surface area contributed by atoms with Crippen molar-refractivity contribution in [2.24, 2.45) is 0 Å². The summed E-state index contributed by atoms with van der Waals surface area (Å²) in [4.78, 5) is 0. The second-order valence-corrected chi connectivity index (χ2v) is 3.48. The Balaban J connectivity index is 2.54. The average Bonchev–Trinajstić information content (AvgIpc) is 2.16. The molecule has 0 spiro atoms. The van der Waals surface area contributed by atoms with E-state index in [1.165, 1.54) is 11.1 Å². The van der Waals surface area contributed by atoms with Crippen LogP contribution in [0.3, 0.4) is 0 Å². The van der Waals surface area contributed by atoms with Crippen molar-refractivity contribution in [2.75, 3.05) is 21.2 Å². The molecule has 3 heteroatoms. The van der Waals surface area contributed by atoms with Crippen molar-refractivity contribution < 1.29 is 4.74 Å². The van der Waals surface area contributed by atoms with Crippen LogP contribution in [0.15, 0.2) is 24.3 Å². The molecule has 0 aliphatic carbocycles. The molecule has 78 valence electrons. The minimum Gasteiger partial charge on any atom is -0.380 e. The molecule has 14 heavy (non-hydrogen) atoms. The highest BCUT2D eigenvalue weighted by Crippen LogP contribution is 2.05. The van der Waals surface area contributed by atoms with Gasteiger partial charge in [0.15, 0.2) is 0 Å². The zero-order valence-corrected chi connectivity index (χ0v) is 9.08. The highest BCUT2D eigenvalue weighted by molar-refractivity contribution is 5.22. The quantitative estimate of drug-likeness (QED) is 0.717. The van der Waals surface area contributed by atoms with E-state index in [-0.39, 0.29) is 0 Å². The monoisotopic (exact) mass is 194 g/mol. The van der Waals surface area contributed by atoms with Crippen molar-refractivity contribution in [3.63, 3.8) is 0 Å². The predicted octanol–water partition coefficient (Wildman–Crippen LogP) is 1.40. The van der Waals surface area contributed by atoms with Crippen LogP contribution in [0.1, 0.15) is 11.1 Å². The predicted molar refractivity (Wildman–Crippen MR) is 57.7 cm³/mol. The van der Waals surface area contributed by atoms with Crippen molar-refractivity contribution in [1.82, 2.24) is 10.4 Å². The Hall–Kier alpha value is -0.900. The Morgan fingerprint density at radius 1 is 1.29 bits per heavy atom. The minimum atomic E-state index is 0.676. The van der Waals surface area contributed by atoms with Crippen molar-refractivity contribution in [2.45, 2.75) is 13.2 Å². The normalized spacial score (nSPS) is 10.9. The lowest BCUT2D eigenvalue weighted by molar-refractivity contribution is 0.185. The topological polar surface area (TPSA) is 24.5 Å². The third-order valence-electron chi connectivity index (χ3n) is 1.90. The fourth-order valence-electron chi connectivity index (χ4n) is 1.25. The van der Waals surface area contributed by atoms with Gasteiger partial charge in [-0.15, -0.1) is 0 Å². The molecular weight excluding hydrogens is 176 g/mol. The van der Waals surface area contributed by atoms with Crippen LogP contribution >= 0.6 is 0 Å². The molecule has 0 saturated carbocycles. The molecule has 0 bridgehead atoms. The Morgan fingerprint density at radius 2 is 2.00 bits per heavy atom. The molecule has 1 N–H and O–H groups in total. The van der Waals surface area contributed by atoms with Gasteiger partial charge in [0, 0.05) is 27.7 Å². The van der Waals surface area contributed by atoms with Crippen LogP contribution in [0.4, 0.5) is 0 Å². The van der Waals surface area contributed by atoms with Crippen molar-refractivity contribution >= 4 is 0 Å². The van der Waals surface area contributed by atoms with Gasteiger partial charge in [-0.05, 0) is 11.1 Å². The van der Waals surface area contributed by atoms with Gasteiger partial charge in [-0.2, -0.15) is 0 Å². The summed E-state index contributed by atoms with van der Waals surface area (Å²) in [6.07, 6.45) is 0. The van der Waals surface area contributed by atoms with Crippen molar-refractivity contribution in [3.8, 4) is 0 Å². The number of ether oxygens (including phenoxy) is 1. The van der Waals surface area contributed by atoms with Crippen LogP contribution < -0.4 is 5.43 Å². The first-order valence-electron chi connectivity index (χ1n) is 4.70. The second kappa shape index (κ2) is 5.75. The van der Waals surface area contributed by atoms with E-state index in [9.17, 15) is 0 Å². The van der Waals surface area contributed by atoms with Crippen LogP contribution in [-0.4, -0.2) is 26.2 Å². The van der Waals surface area contributed by atoms with E-state index in [2.05, 4.69) is 29.7 Å². The zero-order valence-electron chi connectivity index (χ0n) is 9.08. The van der Waals surface area contributed by atoms with E-state index in [4.69, 9.17) is 4.74 Å². The summed E-state index contributed by atoms with van der Waals surface area (Å²) in [6.45, 7) is 1.53. The molecule has 0 aliphatic heterocycles. The number of hydrogen-bond acceptors (Lipinski definition) is 3. The van der Waals surface area contributed by atoms with Gasteiger partial charge in [0.2, 0.25) is 0 Å². The van der Waals surface area contributed by atoms with Crippen molar-refractivity contribution in [3.05, 3.63) is 35.4 Å². The van der Waals surface area contributed by atoms with Gasteiger partial charge in [-0.1, -0.05) is 24.3 Å². The Bertz CT molecular complexity index is 274.